The third-order valence-electron chi connectivity index (χ3n) is 3.23. The molecule has 0 radical (unpaired) electrons. The summed E-state index contributed by atoms with van der Waals surface area (Å²) >= 11 is 0. The molecule has 1 unspecified atom stereocenters. The van der Waals surface area contributed by atoms with Gasteiger partial charge in [0, 0.05) is 6.04 Å². The highest BCUT2D eigenvalue weighted by molar-refractivity contribution is 5.14. The van der Waals surface area contributed by atoms with E-state index in [-0.39, 0.29) is 5.41 Å². The van der Waals surface area contributed by atoms with Crippen molar-refractivity contribution < 1.29 is 0 Å². The lowest BCUT2D eigenvalue weighted by molar-refractivity contribution is 0.296. The van der Waals surface area contributed by atoms with Crippen LogP contribution in [0.2, 0.25) is 0 Å². The van der Waals surface area contributed by atoms with Crippen molar-refractivity contribution in [3.8, 4) is 0 Å². The highest BCUT2D eigenvalue weighted by Gasteiger charge is 2.26. The summed E-state index contributed by atoms with van der Waals surface area (Å²) in [6.45, 7) is 6.74. The zero-order chi connectivity index (χ0) is 11.3. The molecular formula is C13H26N2. The quantitative estimate of drug-likeness (QED) is 0.417. The Hall–Kier alpha value is -0.340. The SMILES string of the molecule is CC(C)(C)C(NN)C1=CCCCCCC1. The third-order valence-corrected chi connectivity index (χ3v) is 3.23. The van der Waals surface area contributed by atoms with E-state index in [1.54, 1.807) is 0 Å². The number of hydrazine groups is 1. The van der Waals surface area contributed by atoms with Crippen molar-refractivity contribution in [2.24, 2.45) is 11.3 Å². The van der Waals surface area contributed by atoms with E-state index in [9.17, 15) is 0 Å². The molecule has 2 nitrogen and oxygen atoms in total. The van der Waals surface area contributed by atoms with Gasteiger partial charge in [0.2, 0.25) is 0 Å². The molecule has 0 aromatic rings. The Balaban J connectivity index is 2.72. The van der Waals surface area contributed by atoms with Gasteiger partial charge in [-0.05, 0) is 31.1 Å². The van der Waals surface area contributed by atoms with Gasteiger partial charge < -0.3 is 0 Å². The number of hydrogen-bond donors (Lipinski definition) is 2. The van der Waals surface area contributed by atoms with Crippen LogP contribution in [0.25, 0.3) is 0 Å². The fraction of sp³-hybridized carbons (Fsp3) is 0.846. The molecule has 0 fully saturated rings. The first-order valence-electron chi connectivity index (χ1n) is 6.21. The number of rotatable bonds is 2. The second-order valence-electron chi connectivity index (χ2n) is 5.70. The Bertz CT molecular complexity index is 213. The molecule has 0 amide bonds. The van der Waals surface area contributed by atoms with E-state index in [0.717, 1.165) is 0 Å². The van der Waals surface area contributed by atoms with Crippen molar-refractivity contribution in [1.82, 2.24) is 5.43 Å². The molecule has 2 heteroatoms. The Morgan fingerprint density at radius 2 is 1.87 bits per heavy atom. The predicted molar refractivity (Wildman–Crippen MR) is 66.4 cm³/mol. The van der Waals surface area contributed by atoms with Gasteiger partial charge in [-0.3, -0.25) is 11.3 Å². The van der Waals surface area contributed by atoms with E-state index in [1.165, 1.54) is 44.1 Å². The molecule has 1 rings (SSSR count). The number of hydrogen-bond acceptors (Lipinski definition) is 2. The summed E-state index contributed by atoms with van der Waals surface area (Å²) in [5.74, 6) is 5.69. The average Bonchev–Trinajstić information content (AvgIpc) is 2.07. The van der Waals surface area contributed by atoms with Crippen LogP contribution in [0.4, 0.5) is 0 Å². The molecule has 0 bridgehead atoms. The lowest BCUT2D eigenvalue weighted by Gasteiger charge is -2.33. The maximum atomic E-state index is 5.69. The molecule has 3 N–H and O–H groups in total. The van der Waals surface area contributed by atoms with E-state index < -0.39 is 0 Å². The fourth-order valence-corrected chi connectivity index (χ4v) is 2.39. The monoisotopic (exact) mass is 210 g/mol. The molecule has 0 heterocycles. The normalized spacial score (nSPS) is 21.5. The van der Waals surface area contributed by atoms with Crippen molar-refractivity contribution in [3.05, 3.63) is 11.6 Å². The molecule has 15 heavy (non-hydrogen) atoms. The van der Waals surface area contributed by atoms with Crippen molar-refractivity contribution in [1.29, 1.82) is 0 Å². The maximum absolute atomic E-state index is 5.69. The van der Waals surface area contributed by atoms with Gasteiger partial charge in [0.05, 0.1) is 0 Å². The van der Waals surface area contributed by atoms with Crippen molar-refractivity contribution >= 4 is 0 Å². The summed E-state index contributed by atoms with van der Waals surface area (Å²) in [5, 5.41) is 0. The van der Waals surface area contributed by atoms with Crippen LogP contribution in [-0.4, -0.2) is 6.04 Å². The number of nitrogens with one attached hydrogen (secondary N) is 1. The van der Waals surface area contributed by atoms with Crippen molar-refractivity contribution in [3.63, 3.8) is 0 Å². The molecule has 0 aliphatic heterocycles. The molecule has 88 valence electrons. The topological polar surface area (TPSA) is 38.0 Å². The Kier molecular flexibility index (Phi) is 4.81. The second-order valence-corrected chi connectivity index (χ2v) is 5.70. The van der Waals surface area contributed by atoms with Crippen LogP contribution in [0.1, 0.15) is 59.3 Å². The van der Waals surface area contributed by atoms with Crippen LogP contribution in [-0.2, 0) is 0 Å². The fourth-order valence-electron chi connectivity index (χ4n) is 2.39. The van der Waals surface area contributed by atoms with Crippen LogP contribution in [0.5, 0.6) is 0 Å². The first-order chi connectivity index (χ1) is 7.05. The summed E-state index contributed by atoms with van der Waals surface area (Å²) < 4.78 is 0. The number of nitrogens with two attached hydrogens (primary N) is 1. The molecule has 0 aromatic carbocycles. The lowest BCUT2D eigenvalue weighted by atomic mass is 9.80. The average molecular weight is 210 g/mol. The van der Waals surface area contributed by atoms with E-state index in [1.807, 2.05) is 0 Å². The Morgan fingerprint density at radius 3 is 2.47 bits per heavy atom. The third kappa shape index (κ3) is 3.96. The molecule has 0 saturated carbocycles. The summed E-state index contributed by atoms with van der Waals surface area (Å²) in [5.41, 5.74) is 4.72. The zero-order valence-electron chi connectivity index (χ0n) is 10.5. The van der Waals surface area contributed by atoms with Gasteiger partial charge in [-0.25, -0.2) is 0 Å². The molecule has 0 saturated heterocycles. The first kappa shape index (κ1) is 12.7. The lowest BCUT2D eigenvalue weighted by Crippen LogP contribution is -2.45. The molecule has 0 aromatic heterocycles. The molecule has 1 aliphatic rings. The van der Waals surface area contributed by atoms with Crippen LogP contribution in [0.15, 0.2) is 11.6 Å². The zero-order valence-corrected chi connectivity index (χ0v) is 10.5. The van der Waals surface area contributed by atoms with Crippen LogP contribution < -0.4 is 11.3 Å². The largest absolute Gasteiger partial charge is 0.271 e. The standard InChI is InChI=1S/C13H26N2/c1-13(2,3)12(15-14)11-9-7-5-4-6-8-10-11/h9,12,15H,4-8,10,14H2,1-3H3. The van der Waals surface area contributed by atoms with Crippen molar-refractivity contribution in [2.75, 3.05) is 0 Å². The van der Waals surface area contributed by atoms with Gasteiger partial charge in [-0.2, -0.15) is 0 Å². The Labute approximate surface area is 94.3 Å². The minimum absolute atomic E-state index is 0.208. The van der Waals surface area contributed by atoms with Gasteiger partial charge >= 0.3 is 0 Å². The van der Waals surface area contributed by atoms with Crippen LogP contribution in [0.3, 0.4) is 0 Å². The van der Waals surface area contributed by atoms with Crippen LogP contribution in [0, 0.1) is 5.41 Å². The highest BCUT2D eigenvalue weighted by atomic mass is 15.2. The molecule has 1 atom stereocenters. The second kappa shape index (κ2) is 5.66. The van der Waals surface area contributed by atoms with Gasteiger partial charge in [-0.15, -0.1) is 0 Å². The van der Waals surface area contributed by atoms with Crippen LogP contribution >= 0.6 is 0 Å². The van der Waals surface area contributed by atoms with Gasteiger partial charge in [-0.1, -0.05) is 45.3 Å². The maximum Gasteiger partial charge on any atom is 0.0468 e. The van der Waals surface area contributed by atoms with E-state index in [0.29, 0.717) is 6.04 Å². The predicted octanol–water partition coefficient (Wildman–Crippen LogP) is 3.15. The van der Waals surface area contributed by atoms with Gasteiger partial charge in [0.1, 0.15) is 0 Å². The van der Waals surface area contributed by atoms with E-state index in [2.05, 4.69) is 32.3 Å². The minimum atomic E-state index is 0.208. The number of allylic oxidation sites excluding steroid dienone is 1. The van der Waals surface area contributed by atoms with Gasteiger partial charge in [0.25, 0.3) is 0 Å². The smallest absolute Gasteiger partial charge is 0.0468 e. The minimum Gasteiger partial charge on any atom is -0.271 e. The van der Waals surface area contributed by atoms with Crippen molar-refractivity contribution in [2.45, 2.75) is 65.3 Å². The van der Waals surface area contributed by atoms with E-state index in [4.69, 9.17) is 5.84 Å². The molecule has 0 spiro atoms. The molecule has 1 aliphatic carbocycles. The molecular weight excluding hydrogens is 184 g/mol. The summed E-state index contributed by atoms with van der Waals surface area (Å²) in [6.07, 6.45) is 10.3. The summed E-state index contributed by atoms with van der Waals surface area (Å²) in [7, 11) is 0. The van der Waals surface area contributed by atoms with Gasteiger partial charge in [0.15, 0.2) is 0 Å². The Morgan fingerprint density at radius 1 is 1.20 bits per heavy atom. The summed E-state index contributed by atoms with van der Waals surface area (Å²) in [4.78, 5) is 0. The highest BCUT2D eigenvalue weighted by Crippen LogP contribution is 2.29. The first-order valence-corrected chi connectivity index (χ1v) is 6.21. The summed E-state index contributed by atoms with van der Waals surface area (Å²) in [6, 6.07) is 0.329. The van der Waals surface area contributed by atoms with E-state index >= 15 is 0 Å².